The highest BCUT2D eigenvalue weighted by atomic mass is 35.5. The monoisotopic (exact) mass is 255 g/mol. The Hall–Kier alpha value is -1.75. The molecule has 17 heavy (non-hydrogen) atoms. The van der Waals surface area contributed by atoms with Crippen molar-refractivity contribution in [1.82, 2.24) is 9.97 Å². The van der Waals surface area contributed by atoms with Crippen molar-refractivity contribution in [2.45, 2.75) is 6.54 Å². The summed E-state index contributed by atoms with van der Waals surface area (Å²) in [6.07, 6.45) is 1.32. The SMILES string of the molecule is Fc1ccc(CNc2cc(Cl)ncn2)cc1F. The average molecular weight is 256 g/mol. The molecule has 0 aliphatic heterocycles. The molecular weight excluding hydrogens is 248 g/mol. The number of nitrogens with one attached hydrogen (secondary N) is 1. The lowest BCUT2D eigenvalue weighted by molar-refractivity contribution is 0.507. The molecule has 1 N–H and O–H groups in total. The van der Waals surface area contributed by atoms with Gasteiger partial charge in [-0.05, 0) is 17.7 Å². The van der Waals surface area contributed by atoms with Crippen LogP contribution < -0.4 is 5.32 Å². The first-order valence-corrected chi connectivity index (χ1v) is 5.18. The summed E-state index contributed by atoms with van der Waals surface area (Å²) >= 11 is 5.67. The number of halogens is 3. The van der Waals surface area contributed by atoms with Crippen molar-refractivity contribution in [1.29, 1.82) is 0 Å². The van der Waals surface area contributed by atoms with E-state index in [9.17, 15) is 8.78 Å². The third-order valence-corrected chi connectivity index (χ3v) is 2.30. The van der Waals surface area contributed by atoms with Crippen LogP contribution in [0.15, 0.2) is 30.6 Å². The maximum Gasteiger partial charge on any atom is 0.159 e. The van der Waals surface area contributed by atoms with E-state index in [0.29, 0.717) is 23.1 Å². The summed E-state index contributed by atoms with van der Waals surface area (Å²) < 4.78 is 25.6. The molecule has 0 spiro atoms. The molecule has 0 bridgehead atoms. The third kappa shape index (κ3) is 3.10. The van der Waals surface area contributed by atoms with E-state index in [2.05, 4.69) is 15.3 Å². The molecule has 0 unspecified atom stereocenters. The van der Waals surface area contributed by atoms with Crippen molar-refractivity contribution in [2.75, 3.05) is 5.32 Å². The molecule has 0 saturated heterocycles. The zero-order chi connectivity index (χ0) is 12.3. The molecule has 1 heterocycles. The van der Waals surface area contributed by atoms with Gasteiger partial charge in [-0.15, -0.1) is 0 Å². The Morgan fingerprint density at radius 3 is 2.65 bits per heavy atom. The van der Waals surface area contributed by atoms with Crippen molar-refractivity contribution < 1.29 is 8.78 Å². The lowest BCUT2D eigenvalue weighted by Crippen LogP contribution is -2.02. The molecule has 1 aromatic heterocycles. The number of hydrogen-bond donors (Lipinski definition) is 1. The van der Waals surface area contributed by atoms with Crippen molar-refractivity contribution in [3.8, 4) is 0 Å². The molecule has 1 aromatic carbocycles. The van der Waals surface area contributed by atoms with Gasteiger partial charge in [-0.25, -0.2) is 18.7 Å². The molecule has 3 nitrogen and oxygen atoms in total. The van der Waals surface area contributed by atoms with Crippen LogP contribution in [-0.4, -0.2) is 9.97 Å². The summed E-state index contributed by atoms with van der Waals surface area (Å²) in [5.74, 6) is -1.21. The highest BCUT2D eigenvalue weighted by molar-refractivity contribution is 6.29. The van der Waals surface area contributed by atoms with Gasteiger partial charge in [0.2, 0.25) is 0 Å². The minimum atomic E-state index is -0.870. The second kappa shape index (κ2) is 5.05. The number of aromatic nitrogens is 2. The minimum absolute atomic E-state index is 0.313. The van der Waals surface area contributed by atoms with Gasteiger partial charge in [-0.3, -0.25) is 0 Å². The molecule has 2 aromatic rings. The number of nitrogens with zero attached hydrogens (tertiary/aromatic N) is 2. The van der Waals surface area contributed by atoms with Crippen molar-refractivity contribution >= 4 is 17.4 Å². The number of rotatable bonds is 3. The third-order valence-electron chi connectivity index (χ3n) is 2.09. The highest BCUT2D eigenvalue weighted by Gasteiger charge is 2.02. The molecule has 0 atom stereocenters. The van der Waals surface area contributed by atoms with Gasteiger partial charge in [0.15, 0.2) is 11.6 Å². The van der Waals surface area contributed by atoms with Gasteiger partial charge in [-0.2, -0.15) is 0 Å². The van der Waals surface area contributed by atoms with Gasteiger partial charge in [0.25, 0.3) is 0 Å². The van der Waals surface area contributed by atoms with E-state index in [1.54, 1.807) is 6.07 Å². The van der Waals surface area contributed by atoms with Crippen LogP contribution in [-0.2, 0) is 6.54 Å². The minimum Gasteiger partial charge on any atom is -0.366 e. The van der Waals surface area contributed by atoms with E-state index in [-0.39, 0.29) is 0 Å². The Balaban J connectivity index is 2.05. The zero-order valence-electron chi connectivity index (χ0n) is 8.62. The lowest BCUT2D eigenvalue weighted by Gasteiger charge is -2.05. The van der Waals surface area contributed by atoms with Crippen LogP contribution in [0.2, 0.25) is 5.15 Å². The topological polar surface area (TPSA) is 37.8 Å². The Morgan fingerprint density at radius 2 is 1.94 bits per heavy atom. The van der Waals surface area contributed by atoms with E-state index in [0.717, 1.165) is 12.1 Å². The van der Waals surface area contributed by atoms with E-state index in [1.165, 1.54) is 12.4 Å². The van der Waals surface area contributed by atoms with E-state index >= 15 is 0 Å². The van der Waals surface area contributed by atoms with E-state index in [4.69, 9.17) is 11.6 Å². The van der Waals surface area contributed by atoms with Gasteiger partial charge in [0, 0.05) is 12.6 Å². The molecular formula is C11H8ClF2N3. The molecule has 0 amide bonds. The normalized spacial score (nSPS) is 10.3. The van der Waals surface area contributed by atoms with Crippen LogP contribution in [0.5, 0.6) is 0 Å². The van der Waals surface area contributed by atoms with Gasteiger partial charge in [0.1, 0.15) is 17.3 Å². The second-order valence-corrected chi connectivity index (χ2v) is 3.72. The second-order valence-electron chi connectivity index (χ2n) is 3.33. The fourth-order valence-corrected chi connectivity index (χ4v) is 1.42. The summed E-state index contributed by atoms with van der Waals surface area (Å²) in [5, 5.41) is 3.24. The molecule has 0 aliphatic rings. The Kier molecular flexibility index (Phi) is 3.49. The standard InChI is InChI=1S/C11H8ClF2N3/c12-10-4-11(17-6-16-10)15-5-7-1-2-8(13)9(14)3-7/h1-4,6H,5H2,(H,15,16,17). The summed E-state index contributed by atoms with van der Waals surface area (Å²) in [4.78, 5) is 7.65. The Bertz CT molecular complexity index is 534. The van der Waals surface area contributed by atoms with Crippen molar-refractivity contribution in [3.63, 3.8) is 0 Å². The van der Waals surface area contributed by atoms with Crippen LogP contribution in [0.3, 0.4) is 0 Å². The van der Waals surface area contributed by atoms with Gasteiger partial charge >= 0.3 is 0 Å². The van der Waals surface area contributed by atoms with Gasteiger partial charge < -0.3 is 5.32 Å². The Morgan fingerprint density at radius 1 is 1.12 bits per heavy atom. The molecule has 88 valence electrons. The van der Waals surface area contributed by atoms with Crippen molar-refractivity contribution in [3.05, 3.63) is 52.9 Å². The Labute approximate surface area is 101 Å². The van der Waals surface area contributed by atoms with Crippen LogP contribution in [0.25, 0.3) is 0 Å². The maximum atomic E-state index is 12.9. The maximum absolute atomic E-state index is 12.9. The molecule has 0 saturated carbocycles. The summed E-state index contributed by atoms with van der Waals surface area (Å²) in [6, 6.07) is 5.25. The summed E-state index contributed by atoms with van der Waals surface area (Å²) in [6.45, 7) is 0.324. The number of benzene rings is 1. The van der Waals surface area contributed by atoms with E-state index in [1.807, 2.05) is 0 Å². The zero-order valence-corrected chi connectivity index (χ0v) is 9.38. The first kappa shape index (κ1) is 11.7. The molecule has 2 rings (SSSR count). The lowest BCUT2D eigenvalue weighted by atomic mass is 10.2. The molecule has 0 radical (unpaired) electrons. The fraction of sp³-hybridized carbons (Fsp3) is 0.0909. The molecule has 0 fully saturated rings. The van der Waals surface area contributed by atoms with Crippen LogP contribution in [0.4, 0.5) is 14.6 Å². The largest absolute Gasteiger partial charge is 0.366 e. The quantitative estimate of drug-likeness (QED) is 0.857. The van der Waals surface area contributed by atoms with E-state index < -0.39 is 11.6 Å². The first-order chi connectivity index (χ1) is 8.15. The van der Waals surface area contributed by atoms with Crippen LogP contribution in [0, 0.1) is 11.6 Å². The molecule has 6 heteroatoms. The number of anilines is 1. The molecule has 0 aliphatic carbocycles. The van der Waals surface area contributed by atoms with Crippen molar-refractivity contribution in [2.24, 2.45) is 0 Å². The predicted octanol–water partition coefficient (Wildman–Crippen LogP) is 3.02. The highest BCUT2D eigenvalue weighted by Crippen LogP contribution is 2.12. The fourth-order valence-electron chi connectivity index (χ4n) is 1.27. The summed E-state index contributed by atoms with van der Waals surface area (Å²) in [7, 11) is 0. The van der Waals surface area contributed by atoms with Crippen LogP contribution >= 0.6 is 11.6 Å². The summed E-state index contributed by atoms with van der Waals surface area (Å²) in [5.41, 5.74) is 0.610. The average Bonchev–Trinajstić information content (AvgIpc) is 2.31. The van der Waals surface area contributed by atoms with Gasteiger partial charge in [-0.1, -0.05) is 17.7 Å². The van der Waals surface area contributed by atoms with Crippen LogP contribution in [0.1, 0.15) is 5.56 Å². The van der Waals surface area contributed by atoms with Gasteiger partial charge in [0.05, 0.1) is 0 Å². The number of hydrogen-bond acceptors (Lipinski definition) is 3. The predicted molar refractivity (Wildman–Crippen MR) is 60.7 cm³/mol. The first-order valence-electron chi connectivity index (χ1n) is 4.80. The smallest absolute Gasteiger partial charge is 0.159 e.